The van der Waals surface area contributed by atoms with E-state index in [-0.39, 0.29) is 5.56 Å². The minimum atomic E-state index is -0.485. The lowest BCUT2D eigenvalue weighted by Gasteiger charge is -2.11. The van der Waals surface area contributed by atoms with E-state index in [4.69, 9.17) is 4.74 Å². The van der Waals surface area contributed by atoms with Crippen molar-refractivity contribution in [2.75, 3.05) is 6.61 Å². The molecule has 2 N–H and O–H groups in total. The Morgan fingerprint density at radius 1 is 1.00 bits per heavy atom. The summed E-state index contributed by atoms with van der Waals surface area (Å²) in [5.41, 5.74) is 5.98. The van der Waals surface area contributed by atoms with Crippen LogP contribution in [0.25, 0.3) is 10.9 Å². The van der Waals surface area contributed by atoms with E-state index in [9.17, 15) is 14.4 Å². The zero-order chi connectivity index (χ0) is 24.1. The smallest absolute Gasteiger partial charge is 0.269 e. The summed E-state index contributed by atoms with van der Waals surface area (Å²) in [6, 6.07) is 11.5. The van der Waals surface area contributed by atoms with Gasteiger partial charge in [0.15, 0.2) is 0 Å². The van der Waals surface area contributed by atoms with Crippen molar-refractivity contribution < 1.29 is 14.3 Å². The van der Waals surface area contributed by atoms with Gasteiger partial charge < -0.3 is 4.74 Å². The maximum atomic E-state index is 12.8. The zero-order valence-corrected chi connectivity index (χ0v) is 19.6. The van der Waals surface area contributed by atoms with Gasteiger partial charge in [-0.2, -0.15) is 0 Å². The molecule has 0 aliphatic carbocycles. The van der Waals surface area contributed by atoms with Crippen LogP contribution in [0.5, 0.6) is 5.75 Å². The molecule has 0 spiro atoms. The molecular formula is C26H30N4O4. The van der Waals surface area contributed by atoms with E-state index in [2.05, 4.69) is 29.7 Å². The van der Waals surface area contributed by atoms with E-state index < -0.39 is 11.8 Å². The fourth-order valence-electron chi connectivity index (χ4n) is 3.93. The number of nitrogens with one attached hydrogen (secondary N) is 2. The first kappa shape index (κ1) is 23.5. The third-order valence-corrected chi connectivity index (χ3v) is 5.95. The Kier molecular flexibility index (Phi) is 7.25. The molecule has 1 aliphatic rings. The molecule has 0 saturated heterocycles. The van der Waals surface area contributed by atoms with Crippen molar-refractivity contribution in [3.8, 4) is 5.75 Å². The minimum Gasteiger partial charge on any atom is -0.494 e. The van der Waals surface area contributed by atoms with Crippen LogP contribution < -0.4 is 21.1 Å². The SMILES string of the molecule is CC(C)CCOc1ccc(C(=O)NNC(=O)c2ccc3c(=O)n4c(nc3c2)CCCCC4)cc1. The molecule has 2 amide bonds. The summed E-state index contributed by atoms with van der Waals surface area (Å²) in [5.74, 6) is 1.09. The lowest BCUT2D eigenvalue weighted by molar-refractivity contribution is 0.0846. The quantitative estimate of drug-likeness (QED) is 0.545. The fraction of sp³-hybridized carbons (Fsp3) is 0.385. The summed E-state index contributed by atoms with van der Waals surface area (Å²) in [5, 5.41) is 0.488. The second-order valence-corrected chi connectivity index (χ2v) is 8.99. The first-order valence-electron chi connectivity index (χ1n) is 11.8. The molecule has 8 heteroatoms. The average Bonchev–Trinajstić information content (AvgIpc) is 3.08. The Morgan fingerprint density at radius 2 is 1.71 bits per heavy atom. The van der Waals surface area contributed by atoms with E-state index in [1.807, 2.05) is 0 Å². The summed E-state index contributed by atoms with van der Waals surface area (Å²) in [4.78, 5) is 42.5. The second-order valence-electron chi connectivity index (χ2n) is 8.99. The molecule has 0 fully saturated rings. The van der Waals surface area contributed by atoms with E-state index in [0.29, 0.717) is 46.8 Å². The van der Waals surface area contributed by atoms with Gasteiger partial charge in [-0.15, -0.1) is 0 Å². The number of fused-ring (bicyclic) bond motifs is 2. The van der Waals surface area contributed by atoms with Crippen LogP contribution in [0, 0.1) is 5.92 Å². The topological polar surface area (TPSA) is 102 Å². The van der Waals surface area contributed by atoms with Crippen LogP contribution in [0.4, 0.5) is 0 Å². The molecule has 3 aromatic rings. The second kappa shape index (κ2) is 10.5. The predicted octanol–water partition coefficient (Wildman–Crippen LogP) is 3.62. The Morgan fingerprint density at radius 3 is 2.44 bits per heavy atom. The third kappa shape index (κ3) is 5.44. The number of carbonyl (C=O) groups is 2. The Hall–Kier alpha value is -3.68. The predicted molar refractivity (Wildman–Crippen MR) is 130 cm³/mol. The lowest BCUT2D eigenvalue weighted by Crippen LogP contribution is -2.41. The minimum absolute atomic E-state index is 0.0706. The highest BCUT2D eigenvalue weighted by molar-refractivity contribution is 6.00. The highest BCUT2D eigenvalue weighted by Crippen LogP contribution is 2.17. The van der Waals surface area contributed by atoms with Crippen LogP contribution in [-0.4, -0.2) is 28.0 Å². The molecule has 178 valence electrons. The molecule has 0 saturated carbocycles. The highest BCUT2D eigenvalue weighted by Gasteiger charge is 2.16. The van der Waals surface area contributed by atoms with Crippen molar-refractivity contribution in [1.29, 1.82) is 0 Å². The molecular weight excluding hydrogens is 432 g/mol. The first-order valence-corrected chi connectivity index (χ1v) is 11.8. The standard InChI is InChI=1S/C26H30N4O4/c1-17(2)13-15-34-20-10-7-18(8-11-20)24(31)28-29-25(32)19-9-12-21-22(16-19)27-23-6-4-3-5-14-30(23)26(21)33/h7-12,16-17H,3-6,13-15H2,1-2H3,(H,28,31)(H,29,32). The van der Waals surface area contributed by atoms with Gasteiger partial charge in [0.05, 0.1) is 17.5 Å². The summed E-state index contributed by atoms with van der Waals surface area (Å²) in [7, 11) is 0. The molecule has 8 nitrogen and oxygen atoms in total. The monoisotopic (exact) mass is 462 g/mol. The number of rotatable bonds is 6. The number of hydrogen-bond donors (Lipinski definition) is 2. The largest absolute Gasteiger partial charge is 0.494 e. The lowest BCUT2D eigenvalue weighted by atomic mass is 10.1. The molecule has 0 atom stereocenters. The van der Waals surface area contributed by atoms with E-state index in [1.54, 1.807) is 47.0 Å². The van der Waals surface area contributed by atoms with Crippen LogP contribution in [0.3, 0.4) is 0 Å². The van der Waals surface area contributed by atoms with Crippen LogP contribution in [0.15, 0.2) is 47.3 Å². The maximum absolute atomic E-state index is 12.8. The van der Waals surface area contributed by atoms with Gasteiger partial charge in [-0.25, -0.2) is 4.98 Å². The van der Waals surface area contributed by atoms with Gasteiger partial charge in [-0.05, 0) is 67.6 Å². The van der Waals surface area contributed by atoms with Crippen LogP contribution in [0.2, 0.25) is 0 Å². The van der Waals surface area contributed by atoms with Gasteiger partial charge in [-0.1, -0.05) is 20.3 Å². The number of aryl methyl sites for hydroxylation is 1. The molecule has 0 unspecified atom stereocenters. The van der Waals surface area contributed by atoms with Crippen molar-refractivity contribution in [1.82, 2.24) is 20.4 Å². The number of hydrazine groups is 1. The molecule has 4 rings (SSSR count). The molecule has 34 heavy (non-hydrogen) atoms. The fourth-order valence-corrected chi connectivity index (χ4v) is 3.93. The number of amides is 2. The number of carbonyl (C=O) groups excluding carboxylic acids is 2. The normalized spacial score (nSPS) is 13.3. The van der Waals surface area contributed by atoms with Gasteiger partial charge in [-0.3, -0.25) is 29.8 Å². The average molecular weight is 463 g/mol. The molecule has 0 radical (unpaired) electrons. The molecule has 0 bridgehead atoms. The van der Waals surface area contributed by atoms with E-state index >= 15 is 0 Å². The Balaban J connectivity index is 1.40. The van der Waals surface area contributed by atoms with Crippen LogP contribution >= 0.6 is 0 Å². The van der Waals surface area contributed by atoms with Crippen molar-refractivity contribution in [2.45, 2.75) is 52.5 Å². The van der Waals surface area contributed by atoms with Gasteiger partial charge in [0.1, 0.15) is 11.6 Å². The van der Waals surface area contributed by atoms with E-state index in [1.165, 1.54) is 0 Å². The van der Waals surface area contributed by atoms with Crippen molar-refractivity contribution in [3.05, 3.63) is 69.8 Å². The summed E-state index contributed by atoms with van der Waals surface area (Å²) < 4.78 is 7.41. The third-order valence-electron chi connectivity index (χ3n) is 5.95. The van der Waals surface area contributed by atoms with Crippen molar-refractivity contribution in [3.63, 3.8) is 0 Å². The van der Waals surface area contributed by atoms with E-state index in [0.717, 1.165) is 37.9 Å². The number of ether oxygens (including phenoxy) is 1. The number of nitrogens with zero attached hydrogens (tertiary/aromatic N) is 2. The molecule has 2 aromatic carbocycles. The molecule has 1 aromatic heterocycles. The van der Waals surface area contributed by atoms with Crippen molar-refractivity contribution >= 4 is 22.7 Å². The highest BCUT2D eigenvalue weighted by atomic mass is 16.5. The number of hydrogen-bond acceptors (Lipinski definition) is 5. The van der Waals surface area contributed by atoms with Crippen LogP contribution in [-0.2, 0) is 13.0 Å². The van der Waals surface area contributed by atoms with Gasteiger partial charge in [0, 0.05) is 24.1 Å². The van der Waals surface area contributed by atoms with Crippen LogP contribution in [0.1, 0.15) is 66.1 Å². The number of aromatic nitrogens is 2. The Bertz CT molecular complexity index is 1250. The van der Waals surface area contributed by atoms with Gasteiger partial charge in [0.25, 0.3) is 17.4 Å². The summed E-state index contributed by atoms with van der Waals surface area (Å²) in [6.45, 7) is 5.56. The zero-order valence-electron chi connectivity index (χ0n) is 19.6. The maximum Gasteiger partial charge on any atom is 0.269 e. The van der Waals surface area contributed by atoms with Gasteiger partial charge >= 0.3 is 0 Å². The first-order chi connectivity index (χ1) is 16.4. The van der Waals surface area contributed by atoms with Gasteiger partial charge in [0.2, 0.25) is 0 Å². The summed E-state index contributed by atoms with van der Waals surface area (Å²) >= 11 is 0. The Labute approximate surface area is 198 Å². The number of benzene rings is 2. The summed E-state index contributed by atoms with van der Waals surface area (Å²) in [6.07, 6.45) is 4.74. The molecule has 2 heterocycles. The van der Waals surface area contributed by atoms with Crippen molar-refractivity contribution in [2.24, 2.45) is 5.92 Å². The molecule has 1 aliphatic heterocycles.